The van der Waals surface area contributed by atoms with Crippen LogP contribution in [0.25, 0.3) is 0 Å². The van der Waals surface area contributed by atoms with Gasteiger partial charge in [-0.2, -0.15) is 0 Å². The molecule has 3 nitrogen and oxygen atoms in total. The van der Waals surface area contributed by atoms with Crippen molar-refractivity contribution in [2.75, 3.05) is 0 Å². The molecule has 0 spiro atoms. The maximum absolute atomic E-state index is 11.7. The Morgan fingerprint density at radius 3 is 2.73 bits per heavy atom. The number of carbonyl (C=O) groups excluding carboxylic acids is 1. The summed E-state index contributed by atoms with van der Waals surface area (Å²) in [5.41, 5.74) is 5.63. The Morgan fingerprint density at radius 2 is 2.27 bits per heavy atom. The molecule has 1 amide bonds. The minimum absolute atomic E-state index is 0.0871. The van der Waals surface area contributed by atoms with Crippen LogP contribution >= 0.6 is 11.3 Å². The lowest BCUT2D eigenvalue weighted by Crippen LogP contribution is -2.48. The van der Waals surface area contributed by atoms with E-state index < -0.39 is 6.04 Å². The van der Waals surface area contributed by atoms with E-state index in [9.17, 15) is 4.79 Å². The summed E-state index contributed by atoms with van der Waals surface area (Å²) in [4.78, 5) is 12.8. The average molecular weight is 226 g/mol. The Morgan fingerprint density at radius 1 is 1.60 bits per heavy atom. The van der Waals surface area contributed by atoms with E-state index >= 15 is 0 Å². The van der Waals surface area contributed by atoms with Gasteiger partial charge in [0.2, 0.25) is 5.91 Å². The maximum atomic E-state index is 11.7. The molecule has 15 heavy (non-hydrogen) atoms. The molecule has 1 unspecified atom stereocenters. The Kier molecular flexibility index (Phi) is 3.88. The lowest BCUT2D eigenvalue weighted by Gasteiger charge is -2.25. The first kappa shape index (κ1) is 12.2. The van der Waals surface area contributed by atoms with Crippen molar-refractivity contribution in [3.8, 4) is 0 Å². The van der Waals surface area contributed by atoms with Gasteiger partial charge in [0.1, 0.15) is 0 Å². The third kappa shape index (κ3) is 3.64. The van der Waals surface area contributed by atoms with E-state index in [-0.39, 0.29) is 11.3 Å². The molecule has 0 aliphatic carbocycles. The van der Waals surface area contributed by atoms with Gasteiger partial charge < -0.3 is 11.1 Å². The molecule has 3 N–H and O–H groups in total. The van der Waals surface area contributed by atoms with Crippen molar-refractivity contribution in [1.29, 1.82) is 0 Å². The quantitative estimate of drug-likeness (QED) is 0.825. The third-order valence-electron chi connectivity index (χ3n) is 2.23. The monoisotopic (exact) mass is 226 g/mol. The molecule has 0 aromatic carbocycles. The van der Waals surface area contributed by atoms with Crippen molar-refractivity contribution in [3.05, 3.63) is 22.4 Å². The summed E-state index contributed by atoms with van der Waals surface area (Å²) in [5.74, 6) is -0.0871. The normalized spacial score (nSPS) is 13.6. The number of carbonyl (C=O) groups is 1. The summed E-state index contributed by atoms with van der Waals surface area (Å²) in [5, 5.41) is 4.83. The highest BCUT2D eigenvalue weighted by Crippen LogP contribution is 2.17. The van der Waals surface area contributed by atoms with E-state index in [2.05, 4.69) is 5.32 Å². The van der Waals surface area contributed by atoms with Gasteiger partial charge in [-0.25, -0.2) is 0 Å². The van der Waals surface area contributed by atoms with Gasteiger partial charge in [-0.15, -0.1) is 11.3 Å². The molecule has 0 saturated carbocycles. The van der Waals surface area contributed by atoms with Crippen LogP contribution in [0.4, 0.5) is 0 Å². The standard InChI is InChI=1S/C11H18N2OS/c1-11(2,3)9(12)10(14)13-7-8-5-4-6-15-8/h4-6,9H,7,12H2,1-3H3,(H,13,14). The number of nitrogens with one attached hydrogen (secondary N) is 1. The highest BCUT2D eigenvalue weighted by molar-refractivity contribution is 7.09. The van der Waals surface area contributed by atoms with Crippen molar-refractivity contribution >= 4 is 17.2 Å². The van der Waals surface area contributed by atoms with Crippen LogP contribution in [-0.4, -0.2) is 11.9 Å². The Labute approximate surface area is 94.7 Å². The predicted molar refractivity (Wildman–Crippen MR) is 63.6 cm³/mol. The van der Waals surface area contributed by atoms with Crippen LogP contribution < -0.4 is 11.1 Å². The molecule has 0 radical (unpaired) electrons. The molecule has 1 aromatic rings. The summed E-state index contributed by atoms with van der Waals surface area (Å²) in [7, 11) is 0. The molecular formula is C11H18N2OS. The zero-order valence-electron chi connectivity index (χ0n) is 9.41. The maximum Gasteiger partial charge on any atom is 0.237 e. The van der Waals surface area contributed by atoms with E-state index in [0.29, 0.717) is 6.54 Å². The van der Waals surface area contributed by atoms with Crippen molar-refractivity contribution < 1.29 is 4.79 Å². The van der Waals surface area contributed by atoms with E-state index in [4.69, 9.17) is 5.73 Å². The summed E-state index contributed by atoms with van der Waals surface area (Å²) in [6.45, 7) is 6.45. The Hall–Kier alpha value is -0.870. The van der Waals surface area contributed by atoms with Crippen molar-refractivity contribution in [2.45, 2.75) is 33.4 Å². The summed E-state index contributed by atoms with van der Waals surface area (Å²) >= 11 is 1.63. The minimum Gasteiger partial charge on any atom is -0.350 e. The average Bonchev–Trinajstić information content (AvgIpc) is 2.63. The highest BCUT2D eigenvalue weighted by atomic mass is 32.1. The van der Waals surface area contributed by atoms with Gasteiger partial charge in [0.05, 0.1) is 12.6 Å². The summed E-state index contributed by atoms with van der Waals surface area (Å²) in [6.07, 6.45) is 0. The number of nitrogens with two attached hydrogens (primary N) is 1. The van der Waals surface area contributed by atoms with Crippen LogP contribution in [0.2, 0.25) is 0 Å². The number of amides is 1. The fraction of sp³-hybridized carbons (Fsp3) is 0.545. The fourth-order valence-corrected chi connectivity index (χ4v) is 1.74. The molecule has 1 atom stereocenters. The lowest BCUT2D eigenvalue weighted by molar-refractivity contribution is -0.124. The molecule has 1 aromatic heterocycles. The van der Waals surface area contributed by atoms with Crippen molar-refractivity contribution in [3.63, 3.8) is 0 Å². The van der Waals surface area contributed by atoms with E-state index in [0.717, 1.165) is 4.88 Å². The fourth-order valence-electron chi connectivity index (χ4n) is 1.09. The molecule has 0 aliphatic heterocycles. The van der Waals surface area contributed by atoms with Gasteiger partial charge in [0, 0.05) is 4.88 Å². The Balaban J connectivity index is 2.43. The first-order chi connectivity index (χ1) is 6.91. The second kappa shape index (κ2) is 4.77. The minimum atomic E-state index is -0.461. The van der Waals surface area contributed by atoms with Crippen molar-refractivity contribution in [1.82, 2.24) is 5.32 Å². The molecule has 0 fully saturated rings. The molecule has 0 aliphatic rings. The first-order valence-electron chi connectivity index (χ1n) is 4.97. The smallest absolute Gasteiger partial charge is 0.237 e. The topological polar surface area (TPSA) is 55.1 Å². The SMILES string of the molecule is CC(C)(C)C(N)C(=O)NCc1cccs1. The lowest BCUT2D eigenvalue weighted by atomic mass is 9.87. The van der Waals surface area contributed by atoms with Crippen LogP contribution in [0.3, 0.4) is 0 Å². The number of hydrogen-bond donors (Lipinski definition) is 2. The van der Waals surface area contributed by atoms with Gasteiger partial charge in [-0.3, -0.25) is 4.79 Å². The molecule has 84 valence electrons. The molecule has 0 saturated heterocycles. The number of hydrogen-bond acceptors (Lipinski definition) is 3. The molecule has 0 bridgehead atoms. The van der Waals surface area contributed by atoms with E-state index in [1.165, 1.54) is 0 Å². The first-order valence-corrected chi connectivity index (χ1v) is 5.85. The van der Waals surface area contributed by atoms with E-state index in [1.807, 2.05) is 38.3 Å². The van der Waals surface area contributed by atoms with E-state index in [1.54, 1.807) is 11.3 Å². The second-order valence-electron chi connectivity index (χ2n) is 4.64. The van der Waals surface area contributed by atoms with Gasteiger partial charge in [0.15, 0.2) is 0 Å². The van der Waals surface area contributed by atoms with Gasteiger partial charge in [-0.05, 0) is 16.9 Å². The number of thiophene rings is 1. The van der Waals surface area contributed by atoms with Crippen LogP contribution in [0.1, 0.15) is 25.6 Å². The zero-order chi connectivity index (χ0) is 11.5. The zero-order valence-corrected chi connectivity index (χ0v) is 10.2. The van der Waals surface area contributed by atoms with Gasteiger partial charge in [0.25, 0.3) is 0 Å². The predicted octanol–water partition coefficient (Wildman–Crippen LogP) is 1.74. The largest absolute Gasteiger partial charge is 0.350 e. The molecule has 1 heterocycles. The van der Waals surface area contributed by atoms with Gasteiger partial charge >= 0.3 is 0 Å². The highest BCUT2D eigenvalue weighted by Gasteiger charge is 2.26. The Bertz CT molecular complexity index is 314. The van der Waals surface area contributed by atoms with Crippen molar-refractivity contribution in [2.24, 2.45) is 11.1 Å². The molecule has 4 heteroatoms. The second-order valence-corrected chi connectivity index (χ2v) is 5.67. The van der Waals surface area contributed by atoms with Gasteiger partial charge in [-0.1, -0.05) is 26.8 Å². The number of rotatable bonds is 3. The molecular weight excluding hydrogens is 208 g/mol. The van der Waals surface area contributed by atoms with Crippen LogP contribution in [0.15, 0.2) is 17.5 Å². The third-order valence-corrected chi connectivity index (χ3v) is 3.11. The summed E-state index contributed by atoms with van der Waals surface area (Å²) < 4.78 is 0. The van der Waals surface area contributed by atoms with Crippen LogP contribution in [-0.2, 0) is 11.3 Å². The molecule has 1 rings (SSSR count). The van der Waals surface area contributed by atoms with Crippen LogP contribution in [0, 0.1) is 5.41 Å². The summed E-state index contributed by atoms with van der Waals surface area (Å²) in [6, 6.07) is 3.50. The van der Waals surface area contributed by atoms with Crippen LogP contribution in [0.5, 0.6) is 0 Å².